The highest BCUT2D eigenvalue weighted by atomic mass is 19.1. The molecule has 6 nitrogen and oxygen atoms in total. The van der Waals surface area contributed by atoms with E-state index in [0.717, 1.165) is 0 Å². The maximum absolute atomic E-state index is 12.9. The molecule has 2 heterocycles. The van der Waals surface area contributed by atoms with Crippen molar-refractivity contribution in [1.29, 1.82) is 0 Å². The van der Waals surface area contributed by atoms with E-state index in [2.05, 4.69) is 15.1 Å². The number of rotatable bonds is 7. The monoisotopic (exact) mass is 355 g/mol. The molecule has 0 unspecified atom stereocenters. The molecule has 0 bridgehead atoms. The highest BCUT2D eigenvalue weighted by Gasteiger charge is 2.16. The van der Waals surface area contributed by atoms with Gasteiger partial charge in [0.2, 0.25) is 17.6 Å². The van der Waals surface area contributed by atoms with Crippen molar-refractivity contribution < 1.29 is 18.4 Å². The lowest BCUT2D eigenvalue weighted by Gasteiger charge is -2.10. The third kappa shape index (κ3) is 4.30. The van der Waals surface area contributed by atoms with Crippen LogP contribution in [0.2, 0.25) is 0 Å². The summed E-state index contributed by atoms with van der Waals surface area (Å²) < 4.78 is 23.8. The number of nitrogens with zero attached hydrogens (tertiary/aromatic N) is 3. The molecule has 3 aromatic rings. The van der Waals surface area contributed by atoms with Gasteiger partial charge in [-0.1, -0.05) is 5.16 Å². The predicted molar refractivity (Wildman–Crippen MR) is 92.3 cm³/mol. The van der Waals surface area contributed by atoms with Crippen LogP contribution in [0, 0.1) is 5.82 Å². The Morgan fingerprint density at radius 2 is 2.00 bits per heavy atom. The number of carbonyl (C=O) groups is 1. The average molecular weight is 355 g/mol. The summed E-state index contributed by atoms with van der Waals surface area (Å²) in [5, 5.41) is 3.95. The SMILES string of the molecule is CC(C)Oc1ncccc1-c1noc(CCC(=O)c2ccc(F)cc2)n1. The van der Waals surface area contributed by atoms with Crippen molar-refractivity contribution in [3.63, 3.8) is 0 Å². The van der Waals surface area contributed by atoms with Gasteiger partial charge in [0.1, 0.15) is 5.82 Å². The first-order valence-electron chi connectivity index (χ1n) is 8.26. The standard InChI is InChI=1S/C19H18FN3O3/c1-12(2)25-19-15(4-3-11-21-19)18-22-17(26-23-18)10-9-16(24)13-5-7-14(20)8-6-13/h3-8,11-12H,9-10H2,1-2H3. The molecule has 26 heavy (non-hydrogen) atoms. The number of aromatic nitrogens is 3. The second-order valence-corrected chi connectivity index (χ2v) is 5.96. The van der Waals surface area contributed by atoms with E-state index in [0.29, 0.717) is 35.1 Å². The van der Waals surface area contributed by atoms with E-state index in [1.807, 2.05) is 13.8 Å². The predicted octanol–water partition coefficient (Wildman–Crippen LogP) is 3.87. The summed E-state index contributed by atoms with van der Waals surface area (Å²) in [6.45, 7) is 3.81. The highest BCUT2D eigenvalue weighted by Crippen LogP contribution is 2.26. The minimum atomic E-state index is -0.376. The molecular formula is C19H18FN3O3. The fraction of sp³-hybridized carbons (Fsp3) is 0.263. The summed E-state index contributed by atoms with van der Waals surface area (Å²) in [6.07, 6.45) is 2.08. The third-order valence-electron chi connectivity index (χ3n) is 3.56. The van der Waals surface area contributed by atoms with Crippen molar-refractivity contribution in [2.75, 3.05) is 0 Å². The van der Waals surface area contributed by atoms with Crippen LogP contribution in [-0.2, 0) is 6.42 Å². The molecule has 0 aliphatic heterocycles. The van der Waals surface area contributed by atoms with Gasteiger partial charge in [-0.05, 0) is 50.2 Å². The molecule has 0 saturated carbocycles. The van der Waals surface area contributed by atoms with Crippen molar-refractivity contribution in [2.24, 2.45) is 0 Å². The minimum Gasteiger partial charge on any atom is -0.474 e. The summed E-state index contributed by atoms with van der Waals surface area (Å²) >= 11 is 0. The molecule has 0 N–H and O–H groups in total. The maximum atomic E-state index is 12.9. The van der Waals surface area contributed by atoms with Crippen molar-refractivity contribution in [1.82, 2.24) is 15.1 Å². The van der Waals surface area contributed by atoms with Crippen molar-refractivity contribution in [3.8, 4) is 17.3 Å². The maximum Gasteiger partial charge on any atom is 0.227 e. The lowest BCUT2D eigenvalue weighted by molar-refractivity contribution is 0.0979. The number of ketones is 1. The fourth-order valence-electron chi connectivity index (χ4n) is 2.34. The molecule has 1 aromatic carbocycles. The largest absolute Gasteiger partial charge is 0.474 e. The smallest absolute Gasteiger partial charge is 0.227 e. The molecule has 0 amide bonds. The van der Waals surface area contributed by atoms with E-state index in [1.165, 1.54) is 24.3 Å². The van der Waals surface area contributed by atoms with E-state index in [1.54, 1.807) is 18.3 Å². The molecule has 7 heteroatoms. The van der Waals surface area contributed by atoms with Crippen LogP contribution in [0.4, 0.5) is 4.39 Å². The second kappa shape index (κ2) is 7.86. The molecule has 3 rings (SSSR count). The number of ether oxygens (including phenoxy) is 1. The van der Waals surface area contributed by atoms with Gasteiger partial charge < -0.3 is 9.26 Å². The van der Waals surface area contributed by atoms with E-state index in [9.17, 15) is 9.18 Å². The Balaban J connectivity index is 1.69. The first-order chi connectivity index (χ1) is 12.5. The molecule has 0 saturated heterocycles. The number of hydrogen-bond donors (Lipinski definition) is 0. The van der Waals surface area contributed by atoms with Crippen LogP contribution in [0.25, 0.3) is 11.4 Å². The quantitative estimate of drug-likeness (QED) is 0.599. The third-order valence-corrected chi connectivity index (χ3v) is 3.56. The van der Waals surface area contributed by atoms with Gasteiger partial charge in [0.05, 0.1) is 11.7 Å². The molecule has 0 atom stereocenters. The van der Waals surface area contributed by atoms with Gasteiger partial charge in [-0.2, -0.15) is 4.98 Å². The van der Waals surface area contributed by atoms with Crippen LogP contribution in [-0.4, -0.2) is 27.0 Å². The van der Waals surface area contributed by atoms with Crippen LogP contribution < -0.4 is 4.74 Å². The van der Waals surface area contributed by atoms with Crippen LogP contribution in [0.5, 0.6) is 5.88 Å². The summed E-state index contributed by atoms with van der Waals surface area (Å²) in [5.74, 6) is 0.638. The summed E-state index contributed by atoms with van der Waals surface area (Å²) in [4.78, 5) is 20.7. The number of benzene rings is 1. The Bertz CT molecular complexity index is 891. The topological polar surface area (TPSA) is 78.1 Å². The number of hydrogen-bond acceptors (Lipinski definition) is 6. The molecule has 134 valence electrons. The first-order valence-corrected chi connectivity index (χ1v) is 8.26. The van der Waals surface area contributed by atoms with Crippen molar-refractivity contribution in [2.45, 2.75) is 32.8 Å². The number of carbonyl (C=O) groups excluding carboxylic acids is 1. The Morgan fingerprint density at radius 3 is 2.73 bits per heavy atom. The van der Waals surface area contributed by atoms with E-state index in [4.69, 9.17) is 9.26 Å². The normalized spacial score (nSPS) is 10.9. The number of halogens is 1. The molecular weight excluding hydrogens is 337 g/mol. The molecule has 0 radical (unpaired) electrons. The Morgan fingerprint density at radius 1 is 1.23 bits per heavy atom. The Hall–Kier alpha value is -3.09. The number of Topliss-reactive ketones (excluding diaryl/α,β-unsaturated/α-hetero) is 1. The van der Waals surface area contributed by atoms with Crippen LogP contribution >= 0.6 is 0 Å². The van der Waals surface area contributed by atoms with Crippen LogP contribution in [0.15, 0.2) is 47.1 Å². The first kappa shape index (κ1) is 17.7. The van der Waals surface area contributed by atoms with Crippen molar-refractivity contribution >= 4 is 5.78 Å². The van der Waals surface area contributed by atoms with Gasteiger partial charge in [-0.3, -0.25) is 4.79 Å². The van der Waals surface area contributed by atoms with Gasteiger partial charge in [-0.25, -0.2) is 9.37 Å². The van der Waals surface area contributed by atoms with Crippen LogP contribution in [0.1, 0.15) is 36.5 Å². The van der Waals surface area contributed by atoms with E-state index in [-0.39, 0.29) is 24.1 Å². The summed E-state index contributed by atoms with van der Waals surface area (Å²) in [7, 11) is 0. The van der Waals surface area contributed by atoms with Gasteiger partial charge >= 0.3 is 0 Å². The summed E-state index contributed by atoms with van der Waals surface area (Å²) in [6, 6.07) is 9.00. The second-order valence-electron chi connectivity index (χ2n) is 5.96. The highest BCUT2D eigenvalue weighted by molar-refractivity contribution is 5.96. The lowest BCUT2D eigenvalue weighted by Crippen LogP contribution is -2.08. The molecule has 0 aliphatic rings. The van der Waals surface area contributed by atoms with E-state index < -0.39 is 0 Å². The zero-order chi connectivity index (χ0) is 18.5. The average Bonchev–Trinajstić information content (AvgIpc) is 3.09. The molecule has 0 spiro atoms. The molecule has 0 fully saturated rings. The molecule has 0 aliphatic carbocycles. The van der Waals surface area contributed by atoms with E-state index >= 15 is 0 Å². The van der Waals surface area contributed by atoms with Gasteiger partial charge in [0, 0.05) is 24.6 Å². The van der Waals surface area contributed by atoms with Crippen LogP contribution in [0.3, 0.4) is 0 Å². The fourth-order valence-corrected chi connectivity index (χ4v) is 2.34. The number of aryl methyl sites for hydroxylation is 1. The summed E-state index contributed by atoms with van der Waals surface area (Å²) in [5.41, 5.74) is 1.08. The zero-order valence-electron chi connectivity index (χ0n) is 14.5. The van der Waals surface area contributed by atoms with Gasteiger partial charge in [0.25, 0.3) is 0 Å². The van der Waals surface area contributed by atoms with Gasteiger partial charge in [-0.15, -0.1) is 0 Å². The Kier molecular flexibility index (Phi) is 5.36. The molecule has 2 aromatic heterocycles. The minimum absolute atomic E-state index is 0.0386. The Labute approximate surface area is 150 Å². The van der Waals surface area contributed by atoms with Gasteiger partial charge in [0.15, 0.2) is 5.78 Å². The number of pyridine rings is 1. The zero-order valence-corrected chi connectivity index (χ0v) is 14.5. The van der Waals surface area contributed by atoms with Crippen molar-refractivity contribution in [3.05, 3.63) is 59.9 Å². The lowest BCUT2D eigenvalue weighted by atomic mass is 10.1.